The summed E-state index contributed by atoms with van der Waals surface area (Å²) in [5.74, 6) is -1.77. The van der Waals surface area contributed by atoms with Crippen molar-refractivity contribution in [3.05, 3.63) is 70.1 Å². The molecule has 0 aliphatic heterocycles. The molecule has 0 saturated heterocycles. The number of aromatic nitrogens is 1. The van der Waals surface area contributed by atoms with E-state index in [2.05, 4.69) is 9.71 Å². The third-order valence-electron chi connectivity index (χ3n) is 4.74. The fraction of sp³-hybridized carbons (Fsp3) is 0.227. The molecule has 0 saturated carbocycles. The van der Waals surface area contributed by atoms with Crippen LogP contribution in [0.4, 0.5) is 20.2 Å². The average Bonchev–Trinajstić information content (AvgIpc) is 2.71. The minimum Gasteiger partial charge on any atom is -0.454 e. The second kappa shape index (κ2) is 8.99. The van der Waals surface area contributed by atoms with E-state index in [1.165, 1.54) is 25.1 Å². The van der Waals surface area contributed by atoms with Gasteiger partial charge in [0.25, 0.3) is 5.56 Å². The Balaban J connectivity index is 2.20. The van der Waals surface area contributed by atoms with Gasteiger partial charge in [-0.1, -0.05) is 0 Å². The molecule has 0 aliphatic rings. The number of nitrogens with zero attached hydrogens (tertiary/aromatic N) is 1. The van der Waals surface area contributed by atoms with Crippen molar-refractivity contribution >= 4 is 21.4 Å². The smallest absolute Gasteiger partial charge is 0.271 e. The molecule has 0 bridgehead atoms. The van der Waals surface area contributed by atoms with Crippen LogP contribution in [0, 0.1) is 18.6 Å². The number of halogens is 2. The maximum Gasteiger partial charge on any atom is 0.271 e. The van der Waals surface area contributed by atoms with Crippen LogP contribution in [-0.4, -0.2) is 33.2 Å². The Kier molecular flexibility index (Phi) is 6.54. The van der Waals surface area contributed by atoms with Crippen molar-refractivity contribution in [1.29, 1.82) is 0 Å². The van der Waals surface area contributed by atoms with Gasteiger partial charge in [-0.2, -0.15) is 0 Å². The highest BCUT2D eigenvalue weighted by atomic mass is 32.2. The summed E-state index contributed by atoms with van der Waals surface area (Å²) in [6.45, 7) is 3.19. The van der Waals surface area contributed by atoms with Gasteiger partial charge in [-0.25, -0.2) is 17.2 Å². The molecule has 0 atom stereocenters. The Labute approximate surface area is 184 Å². The van der Waals surface area contributed by atoms with Gasteiger partial charge >= 0.3 is 0 Å². The second-order valence-corrected chi connectivity index (χ2v) is 9.32. The summed E-state index contributed by atoms with van der Waals surface area (Å²) >= 11 is 0. The van der Waals surface area contributed by atoms with Gasteiger partial charge in [-0.3, -0.25) is 9.52 Å². The summed E-state index contributed by atoms with van der Waals surface area (Å²) in [6, 6.07) is 9.05. The number of anilines is 2. The number of rotatable bonds is 7. The van der Waals surface area contributed by atoms with Crippen LogP contribution in [0.1, 0.15) is 12.6 Å². The summed E-state index contributed by atoms with van der Waals surface area (Å²) < 4.78 is 59.8. The number of hydrogen-bond acceptors (Lipinski definition) is 5. The average molecular weight is 464 g/mol. The molecule has 0 amide bonds. The summed E-state index contributed by atoms with van der Waals surface area (Å²) in [5, 5.41) is 0. The Morgan fingerprint density at radius 2 is 1.72 bits per heavy atom. The molecule has 3 aromatic rings. The van der Waals surface area contributed by atoms with E-state index in [-0.39, 0.29) is 28.5 Å². The Morgan fingerprint density at radius 3 is 2.34 bits per heavy atom. The van der Waals surface area contributed by atoms with Crippen LogP contribution < -0.4 is 19.9 Å². The molecule has 0 aliphatic carbocycles. The van der Waals surface area contributed by atoms with Gasteiger partial charge in [0, 0.05) is 42.7 Å². The molecule has 2 N–H and O–H groups in total. The SMILES string of the molecule is CCS(=O)(=O)Nc1ccc(Oc2ccc(F)cc2F)c(-c2cc(N(C)C)c(=O)[nH]c2C)c1. The minimum atomic E-state index is -3.55. The van der Waals surface area contributed by atoms with Crippen LogP contribution in [0.25, 0.3) is 11.1 Å². The largest absolute Gasteiger partial charge is 0.454 e. The number of nitrogens with one attached hydrogen (secondary N) is 2. The lowest BCUT2D eigenvalue weighted by Crippen LogP contribution is -2.21. The van der Waals surface area contributed by atoms with Gasteiger partial charge in [0.15, 0.2) is 11.6 Å². The first kappa shape index (κ1) is 23.3. The van der Waals surface area contributed by atoms with Crippen LogP contribution >= 0.6 is 0 Å². The van der Waals surface area contributed by atoms with E-state index >= 15 is 0 Å². The monoisotopic (exact) mass is 463 g/mol. The molecule has 3 rings (SSSR count). The normalized spacial score (nSPS) is 11.3. The summed E-state index contributed by atoms with van der Waals surface area (Å²) in [4.78, 5) is 16.7. The van der Waals surface area contributed by atoms with Crippen molar-refractivity contribution in [3.63, 3.8) is 0 Å². The highest BCUT2D eigenvalue weighted by molar-refractivity contribution is 7.92. The molecule has 0 spiro atoms. The molecule has 0 fully saturated rings. The molecular formula is C22H23F2N3O4S. The molecule has 0 unspecified atom stereocenters. The van der Waals surface area contributed by atoms with Crippen molar-refractivity contribution in [2.45, 2.75) is 13.8 Å². The third-order valence-corrected chi connectivity index (χ3v) is 6.04. The topological polar surface area (TPSA) is 91.5 Å². The molecule has 1 heterocycles. The highest BCUT2D eigenvalue weighted by Gasteiger charge is 2.18. The van der Waals surface area contributed by atoms with Gasteiger partial charge in [0.1, 0.15) is 17.3 Å². The zero-order valence-electron chi connectivity index (χ0n) is 18.0. The minimum absolute atomic E-state index is 0.121. The quantitative estimate of drug-likeness (QED) is 0.547. The summed E-state index contributed by atoms with van der Waals surface area (Å²) in [5.41, 5.74) is 1.78. The predicted octanol–water partition coefficient (Wildman–Crippen LogP) is 4.25. The first-order valence-corrected chi connectivity index (χ1v) is 11.3. The van der Waals surface area contributed by atoms with Crippen molar-refractivity contribution in [2.75, 3.05) is 29.5 Å². The van der Waals surface area contributed by atoms with Crippen molar-refractivity contribution in [1.82, 2.24) is 4.98 Å². The molecule has 0 radical (unpaired) electrons. The van der Waals surface area contributed by atoms with E-state index in [4.69, 9.17) is 4.74 Å². The zero-order chi connectivity index (χ0) is 23.6. The number of aryl methyl sites for hydroxylation is 1. The third kappa shape index (κ3) is 5.08. The van der Waals surface area contributed by atoms with E-state index in [1.54, 1.807) is 32.0 Å². The van der Waals surface area contributed by atoms with Crippen LogP contribution in [0.5, 0.6) is 11.5 Å². The summed E-state index contributed by atoms with van der Waals surface area (Å²) in [7, 11) is -0.133. The second-order valence-electron chi connectivity index (χ2n) is 7.31. The lowest BCUT2D eigenvalue weighted by molar-refractivity contribution is 0.439. The van der Waals surface area contributed by atoms with Gasteiger partial charge < -0.3 is 14.6 Å². The lowest BCUT2D eigenvalue weighted by atomic mass is 10.0. The number of ether oxygens (including phenoxy) is 1. The van der Waals surface area contributed by atoms with E-state index in [1.807, 2.05) is 0 Å². The molecule has 2 aromatic carbocycles. The molecule has 10 heteroatoms. The number of benzene rings is 2. The maximum atomic E-state index is 14.2. The van der Waals surface area contributed by atoms with Gasteiger partial charge in [0.2, 0.25) is 10.0 Å². The Morgan fingerprint density at radius 1 is 1.03 bits per heavy atom. The predicted molar refractivity (Wildman–Crippen MR) is 121 cm³/mol. The first-order valence-electron chi connectivity index (χ1n) is 9.70. The molecule has 7 nitrogen and oxygen atoms in total. The first-order chi connectivity index (χ1) is 15.0. The fourth-order valence-corrected chi connectivity index (χ4v) is 3.68. The van der Waals surface area contributed by atoms with E-state index < -0.39 is 21.7 Å². The number of aromatic amines is 1. The van der Waals surface area contributed by atoms with Gasteiger partial charge in [-0.05, 0) is 50.2 Å². The van der Waals surface area contributed by atoms with Gasteiger partial charge in [0.05, 0.1) is 5.75 Å². The van der Waals surface area contributed by atoms with Crippen molar-refractivity contribution < 1.29 is 21.9 Å². The molecular weight excluding hydrogens is 440 g/mol. The van der Waals surface area contributed by atoms with E-state index in [0.29, 0.717) is 28.6 Å². The van der Waals surface area contributed by atoms with Crippen molar-refractivity contribution in [2.24, 2.45) is 0 Å². The molecule has 32 heavy (non-hydrogen) atoms. The van der Waals surface area contributed by atoms with Gasteiger partial charge in [-0.15, -0.1) is 0 Å². The van der Waals surface area contributed by atoms with Crippen LogP contribution in [0.2, 0.25) is 0 Å². The summed E-state index contributed by atoms with van der Waals surface area (Å²) in [6.07, 6.45) is 0. The number of hydrogen-bond donors (Lipinski definition) is 2. The van der Waals surface area contributed by atoms with E-state index in [9.17, 15) is 22.0 Å². The van der Waals surface area contributed by atoms with Crippen LogP contribution in [0.3, 0.4) is 0 Å². The lowest BCUT2D eigenvalue weighted by Gasteiger charge is -2.18. The number of H-pyrrole nitrogens is 1. The van der Waals surface area contributed by atoms with Crippen LogP contribution in [-0.2, 0) is 10.0 Å². The number of sulfonamides is 1. The van der Waals surface area contributed by atoms with Crippen LogP contribution in [0.15, 0.2) is 47.3 Å². The standard InChI is InChI=1S/C22H23F2N3O4S/c1-5-32(29,30)26-15-7-9-20(31-21-8-6-14(23)10-18(21)24)17(11-15)16-12-19(27(3)4)22(28)25-13(16)2/h6-12,26H,5H2,1-4H3,(H,25,28). The molecule has 1 aromatic heterocycles. The van der Waals surface area contributed by atoms with E-state index in [0.717, 1.165) is 12.1 Å². The fourth-order valence-electron chi connectivity index (χ4n) is 3.05. The maximum absolute atomic E-state index is 14.2. The number of pyridine rings is 1. The Hall–Kier alpha value is -3.40. The highest BCUT2D eigenvalue weighted by Crippen LogP contribution is 2.38. The molecule has 170 valence electrons. The Bertz CT molecular complexity index is 1320. The zero-order valence-corrected chi connectivity index (χ0v) is 18.8. The van der Waals surface area contributed by atoms with Crippen molar-refractivity contribution in [3.8, 4) is 22.6 Å².